The molecule has 3 unspecified atom stereocenters. The zero-order valence-electron chi connectivity index (χ0n) is 10.9. The Hall–Kier alpha value is -0.120. The highest BCUT2D eigenvalue weighted by Crippen LogP contribution is 2.33. The maximum absolute atomic E-state index is 5.94. The molecular weight excluding hydrogens is 198 g/mol. The van der Waals surface area contributed by atoms with E-state index in [-0.39, 0.29) is 0 Å². The maximum atomic E-state index is 5.94. The fourth-order valence-corrected chi connectivity index (χ4v) is 3.60. The van der Waals surface area contributed by atoms with Crippen molar-refractivity contribution in [3.8, 4) is 0 Å². The Morgan fingerprint density at radius 1 is 1.25 bits per heavy atom. The van der Waals surface area contributed by atoms with Crippen molar-refractivity contribution in [2.45, 2.75) is 44.7 Å². The average Bonchev–Trinajstić information content (AvgIpc) is 2.76. The second-order valence-electron chi connectivity index (χ2n) is 5.56. The van der Waals surface area contributed by atoms with Crippen LogP contribution in [0.4, 0.5) is 0 Å². The van der Waals surface area contributed by atoms with Gasteiger partial charge in [-0.15, -0.1) is 0 Å². The Morgan fingerprint density at radius 3 is 2.75 bits per heavy atom. The van der Waals surface area contributed by atoms with E-state index in [1.54, 1.807) is 0 Å². The summed E-state index contributed by atoms with van der Waals surface area (Å²) < 4.78 is 0. The first-order valence-electron chi connectivity index (χ1n) is 6.90. The lowest BCUT2D eigenvalue weighted by Crippen LogP contribution is -2.58. The zero-order chi connectivity index (χ0) is 11.5. The molecule has 0 amide bonds. The molecule has 0 aromatic heterocycles. The molecule has 0 bridgehead atoms. The molecule has 0 aromatic carbocycles. The summed E-state index contributed by atoms with van der Waals surface area (Å²) >= 11 is 0. The van der Waals surface area contributed by atoms with Crippen molar-refractivity contribution in [1.29, 1.82) is 0 Å². The molecule has 16 heavy (non-hydrogen) atoms. The van der Waals surface area contributed by atoms with E-state index < -0.39 is 0 Å². The van der Waals surface area contributed by atoms with Crippen LogP contribution < -0.4 is 5.73 Å². The van der Waals surface area contributed by atoms with Gasteiger partial charge in [0.1, 0.15) is 0 Å². The second-order valence-corrected chi connectivity index (χ2v) is 5.56. The van der Waals surface area contributed by atoms with Crippen molar-refractivity contribution in [2.75, 3.05) is 33.2 Å². The molecule has 0 spiro atoms. The summed E-state index contributed by atoms with van der Waals surface area (Å²) in [6.45, 7) is 6.75. The van der Waals surface area contributed by atoms with E-state index in [9.17, 15) is 0 Å². The second kappa shape index (κ2) is 5.48. The van der Waals surface area contributed by atoms with Gasteiger partial charge < -0.3 is 10.6 Å². The molecule has 3 heteroatoms. The fourth-order valence-electron chi connectivity index (χ4n) is 3.60. The standard InChI is InChI=1S/C13H27N3/c1-3-11-5-4-6-13(11)16-8-7-15(2)10-12(16)9-14/h11-13H,3-10,14H2,1-2H3. The summed E-state index contributed by atoms with van der Waals surface area (Å²) in [5, 5.41) is 0. The Labute approximate surface area is 100.0 Å². The molecule has 0 aromatic rings. The summed E-state index contributed by atoms with van der Waals surface area (Å²) in [5.41, 5.74) is 5.94. The molecule has 1 aliphatic carbocycles. The van der Waals surface area contributed by atoms with Crippen molar-refractivity contribution < 1.29 is 0 Å². The van der Waals surface area contributed by atoms with Gasteiger partial charge in [-0.2, -0.15) is 0 Å². The first-order valence-corrected chi connectivity index (χ1v) is 6.90. The third-order valence-corrected chi connectivity index (χ3v) is 4.57. The van der Waals surface area contributed by atoms with Crippen LogP contribution in [0.3, 0.4) is 0 Å². The lowest BCUT2D eigenvalue weighted by molar-refractivity contribution is 0.0403. The van der Waals surface area contributed by atoms with Gasteiger partial charge in [-0.1, -0.05) is 19.8 Å². The highest BCUT2D eigenvalue weighted by atomic mass is 15.3. The number of nitrogens with two attached hydrogens (primary N) is 1. The molecule has 2 rings (SSSR count). The molecule has 2 aliphatic rings. The number of likely N-dealkylation sites (N-methyl/N-ethyl adjacent to an activating group) is 1. The first kappa shape index (κ1) is 12.3. The van der Waals surface area contributed by atoms with Gasteiger partial charge in [-0.05, 0) is 25.8 Å². The minimum absolute atomic E-state index is 0.593. The Bertz CT molecular complexity index is 219. The normalized spacial score (nSPS) is 38.1. The molecule has 1 saturated heterocycles. The lowest BCUT2D eigenvalue weighted by Gasteiger charge is -2.44. The van der Waals surface area contributed by atoms with Crippen LogP contribution in [0.1, 0.15) is 32.6 Å². The van der Waals surface area contributed by atoms with Gasteiger partial charge in [-0.3, -0.25) is 4.90 Å². The van der Waals surface area contributed by atoms with E-state index in [0.717, 1.165) is 25.0 Å². The molecule has 94 valence electrons. The molecule has 1 heterocycles. The summed E-state index contributed by atoms with van der Waals surface area (Å²) in [6, 6.07) is 1.42. The van der Waals surface area contributed by atoms with Crippen LogP contribution >= 0.6 is 0 Å². The van der Waals surface area contributed by atoms with Gasteiger partial charge >= 0.3 is 0 Å². The number of hydrogen-bond acceptors (Lipinski definition) is 3. The minimum Gasteiger partial charge on any atom is -0.329 e. The number of piperazine rings is 1. The summed E-state index contributed by atoms with van der Waals surface area (Å²) in [5.74, 6) is 0.928. The fraction of sp³-hybridized carbons (Fsp3) is 1.00. The summed E-state index contributed by atoms with van der Waals surface area (Å²) in [4.78, 5) is 5.14. The van der Waals surface area contributed by atoms with Gasteiger partial charge in [0.05, 0.1) is 0 Å². The summed E-state index contributed by atoms with van der Waals surface area (Å²) in [6.07, 6.45) is 5.60. The van der Waals surface area contributed by atoms with Crippen molar-refractivity contribution in [3.63, 3.8) is 0 Å². The molecule has 3 atom stereocenters. The van der Waals surface area contributed by atoms with Crippen LogP contribution in [0, 0.1) is 5.92 Å². The third-order valence-electron chi connectivity index (χ3n) is 4.57. The van der Waals surface area contributed by atoms with E-state index in [0.29, 0.717) is 6.04 Å². The monoisotopic (exact) mass is 225 g/mol. The smallest absolute Gasteiger partial charge is 0.0349 e. The molecular formula is C13H27N3. The Balaban J connectivity index is 2.01. The zero-order valence-corrected chi connectivity index (χ0v) is 10.9. The maximum Gasteiger partial charge on any atom is 0.0349 e. The van der Waals surface area contributed by atoms with Crippen molar-refractivity contribution in [2.24, 2.45) is 11.7 Å². The average molecular weight is 225 g/mol. The van der Waals surface area contributed by atoms with Crippen LogP contribution in [0.15, 0.2) is 0 Å². The SMILES string of the molecule is CCC1CCCC1N1CCN(C)CC1CN. The van der Waals surface area contributed by atoms with Crippen molar-refractivity contribution in [1.82, 2.24) is 9.80 Å². The van der Waals surface area contributed by atoms with Crippen LogP contribution in [0.2, 0.25) is 0 Å². The van der Waals surface area contributed by atoms with Crippen LogP contribution in [0.25, 0.3) is 0 Å². The van der Waals surface area contributed by atoms with Gasteiger partial charge in [0, 0.05) is 38.3 Å². The molecule has 2 fully saturated rings. The molecule has 0 radical (unpaired) electrons. The third kappa shape index (κ3) is 2.41. The topological polar surface area (TPSA) is 32.5 Å². The van der Waals surface area contributed by atoms with E-state index in [4.69, 9.17) is 5.73 Å². The van der Waals surface area contributed by atoms with Crippen LogP contribution in [-0.4, -0.2) is 55.1 Å². The largest absolute Gasteiger partial charge is 0.329 e. The first-order chi connectivity index (χ1) is 7.76. The van der Waals surface area contributed by atoms with E-state index in [1.165, 1.54) is 38.8 Å². The van der Waals surface area contributed by atoms with Gasteiger partial charge in [0.15, 0.2) is 0 Å². The predicted octanol–water partition coefficient (Wildman–Crippen LogP) is 1.14. The molecule has 2 N–H and O–H groups in total. The minimum atomic E-state index is 0.593. The quantitative estimate of drug-likeness (QED) is 0.782. The Kier molecular flexibility index (Phi) is 4.22. The number of rotatable bonds is 3. The van der Waals surface area contributed by atoms with Crippen molar-refractivity contribution >= 4 is 0 Å². The highest BCUT2D eigenvalue weighted by molar-refractivity contribution is 4.92. The van der Waals surface area contributed by atoms with E-state index >= 15 is 0 Å². The Morgan fingerprint density at radius 2 is 2.06 bits per heavy atom. The van der Waals surface area contributed by atoms with E-state index in [1.807, 2.05) is 0 Å². The lowest BCUT2D eigenvalue weighted by atomic mass is 9.96. The number of nitrogens with zero attached hydrogens (tertiary/aromatic N) is 2. The van der Waals surface area contributed by atoms with E-state index in [2.05, 4.69) is 23.8 Å². The van der Waals surface area contributed by atoms with Crippen LogP contribution in [-0.2, 0) is 0 Å². The van der Waals surface area contributed by atoms with Gasteiger partial charge in [0.2, 0.25) is 0 Å². The van der Waals surface area contributed by atoms with Gasteiger partial charge in [0.25, 0.3) is 0 Å². The van der Waals surface area contributed by atoms with Gasteiger partial charge in [-0.25, -0.2) is 0 Å². The highest BCUT2D eigenvalue weighted by Gasteiger charge is 2.36. The number of hydrogen-bond donors (Lipinski definition) is 1. The molecule has 3 nitrogen and oxygen atoms in total. The predicted molar refractivity (Wildman–Crippen MR) is 68.5 cm³/mol. The molecule has 1 saturated carbocycles. The summed E-state index contributed by atoms with van der Waals surface area (Å²) in [7, 11) is 2.21. The van der Waals surface area contributed by atoms with Crippen LogP contribution in [0.5, 0.6) is 0 Å². The van der Waals surface area contributed by atoms with Crippen molar-refractivity contribution in [3.05, 3.63) is 0 Å². The molecule has 1 aliphatic heterocycles.